The van der Waals surface area contributed by atoms with Gasteiger partial charge in [0.2, 0.25) is 0 Å². The first-order valence-corrected chi connectivity index (χ1v) is 7.52. The van der Waals surface area contributed by atoms with Crippen LogP contribution in [0.1, 0.15) is 27.7 Å². The molecule has 0 spiro atoms. The second-order valence-corrected chi connectivity index (χ2v) is 5.74. The van der Waals surface area contributed by atoms with Crippen LogP contribution in [0.15, 0.2) is 41.8 Å². The van der Waals surface area contributed by atoms with E-state index in [1.54, 1.807) is 24.3 Å². The zero-order valence-corrected chi connectivity index (χ0v) is 12.9. The van der Waals surface area contributed by atoms with Gasteiger partial charge in [-0.2, -0.15) is 0 Å². The SMILES string of the molecule is COC(=O)CC(NC(=O)c1ccc(Cl)cc1)c1cccs1. The number of esters is 1. The summed E-state index contributed by atoms with van der Waals surface area (Å²) in [5.74, 6) is -0.626. The molecule has 0 saturated heterocycles. The normalized spacial score (nSPS) is 11.7. The predicted molar refractivity (Wildman–Crippen MR) is 82.6 cm³/mol. The number of carbonyl (C=O) groups excluding carboxylic acids is 2. The van der Waals surface area contributed by atoms with Crippen LogP contribution in [-0.4, -0.2) is 19.0 Å². The van der Waals surface area contributed by atoms with Crippen LogP contribution in [0, 0.1) is 0 Å². The van der Waals surface area contributed by atoms with Crippen LogP contribution in [0.2, 0.25) is 5.02 Å². The summed E-state index contributed by atoms with van der Waals surface area (Å²) < 4.78 is 4.68. The Morgan fingerprint density at radius 1 is 1.29 bits per heavy atom. The highest BCUT2D eigenvalue weighted by molar-refractivity contribution is 7.10. The van der Waals surface area contributed by atoms with Gasteiger partial charge in [0.1, 0.15) is 0 Å². The Balaban J connectivity index is 2.12. The smallest absolute Gasteiger partial charge is 0.307 e. The van der Waals surface area contributed by atoms with Gasteiger partial charge in [-0.15, -0.1) is 11.3 Å². The molecule has 1 atom stereocenters. The lowest BCUT2D eigenvalue weighted by Crippen LogP contribution is -2.30. The van der Waals surface area contributed by atoms with Crippen molar-refractivity contribution in [2.45, 2.75) is 12.5 Å². The fourth-order valence-electron chi connectivity index (χ4n) is 1.81. The van der Waals surface area contributed by atoms with Crippen LogP contribution in [0.4, 0.5) is 0 Å². The average molecular weight is 324 g/mol. The summed E-state index contributed by atoms with van der Waals surface area (Å²) in [5.41, 5.74) is 0.492. The van der Waals surface area contributed by atoms with Crippen LogP contribution in [0.5, 0.6) is 0 Å². The lowest BCUT2D eigenvalue weighted by atomic mass is 10.1. The van der Waals surface area contributed by atoms with Gasteiger partial charge in [0.05, 0.1) is 19.6 Å². The summed E-state index contributed by atoms with van der Waals surface area (Å²) in [6.45, 7) is 0. The molecule has 0 bridgehead atoms. The van der Waals surface area contributed by atoms with Gasteiger partial charge < -0.3 is 10.1 Å². The van der Waals surface area contributed by atoms with Gasteiger partial charge in [-0.05, 0) is 35.7 Å². The Hall–Kier alpha value is -1.85. The molecular formula is C15H14ClNO3S. The van der Waals surface area contributed by atoms with Gasteiger partial charge in [0.15, 0.2) is 0 Å². The Morgan fingerprint density at radius 2 is 2.00 bits per heavy atom. The highest BCUT2D eigenvalue weighted by Crippen LogP contribution is 2.23. The Bertz CT molecular complexity index is 610. The van der Waals surface area contributed by atoms with Gasteiger partial charge in [-0.25, -0.2) is 0 Å². The average Bonchev–Trinajstić information content (AvgIpc) is 3.01. The molecule has 1 unspecified atom stereocenters. The van der Waals surface area contributed by atoms with Crippen LogP contribution in [0.3, 0.4) is 0 Å². The molecule has 1 aromatic carbocycles. The van der Waals surface area contributed by atoms with E-state index < -0.39 is 6.04 Å². The Labute approximate surface area is 131 Å². The molecule has 1 heterocycles. The Kier molecular flexibility index (Phi) is 5.36. The van der Waals surface area contributed by atoms with E-state index in [0.717, 1.165) is 4.88 Å². The summed E-state index contributed by atoms with van der Waals surface area (Å²) in [7, 11) is 1.33. The van der Waals surface area contributed by atoms with E-state index in [0.29, 0.717) is 10.6 Å². The van der Waals surface area contributed by atoms with Crippen molar-refractivity contribution in [1.29, 1.82) is 0 Å². The van der Waals surface area contributed by atoms with Gasteiger partial charge in [0, 0.05) is 15.5 Å². The van der Waals surface area contributed by atoms with E-state index in [4.69, 9.17) is 11.6 Å². The molecule has 0 aliphatic rings. The topological polar surface area (TPSA) is 55.4 Å². The minimum Gasteiger partial charge on any atom is -0.469 e. The molecule has 0 saturated carbocycles. The molecule has 4 nitrogen and oxygen atoms in total. The first-order valence-electron chi connectivity index (χ1n) is 6.27. The molecule has 21 heavy (non-hydrogen) atoms. The number of benzene rings is 1. The number of nitrogens with one attached hydrogen (secondary N) is 1. The lowest BCUT2D eigenvalue weighted by molar-refractivity contribution is -0.141. The third kappa shape index (κ3) is 4.31. The second kappa shape index (κ2) is 7.24. The minimum atomic E-state index is -0.402. The molecular weight excluding hydrogens is 310 g/mol. The van der Waals surface area contributed by atoms with Crippen LogP contribution < -0.4 is 5.32 Å². The molecule has 1 amide bonds. The predicted octanol–water partition coefficient (Wildman–Crippen LogP) is 3.44. The molecule has 110 valence electrons. The molecule has 2 aromatic rings. The molecule has 0 radical (unpaired) electrons. The monoisotopic (exact) mass is 323 g/mol. The fraction of sp³-hybridized carbons (Fsp3) is 0.200. The van der Waals surface area contributed by atoms with Crippen molar-refractivity contribution in [3.05, 3.63) is 57.2 Å². The fourth-order valence-corrected chi connectivity index (χ4v) is 2.71. The van der Waals surface area contributed by atoms with Crippen LogP contribution in [-0.2, 0) is 9.53 Å². The summed E-state index contributed by atoms with van der Waals surface area (Å²) in [6, 6.07) is 9.93. The van der Waals surface area contributed by atoms with Crippen molar-refractivity contribution in [3.63, 3.8) is 0 Å². The van der Waals surface area contributed by atoms with E-state index in [-0.39, 0.29) is 18.3 Å². The maximum atomic E-state index is 12.2. The second-order valence-electron chi connectivity index (χ2n) is 4.33. The molecule has 0 aliphatic carbocycles. The number of halogens is 1. The summed E-state index contributed by atoms with van der Waals surface area (Å²) in [5, 5.41) is 5.31. The first-order chi connectivity index (χ1) is 10.1. The molecule has 0 aliphatic heterocycles. The number of carbonyl (C=O) groups is 2. The summed E-state index contributed by atoms with van der Waals surface area (Å²) in [6.07, 6.45) is 0.0936. The van der Waals surface area contributed by atoms with Crippen molar-refractivity contribution >= 4 is 34.8 Å². The summed E-state index contributed by atoms with van der Waals surface area (Å²) in [4.78, 5) is 24.6. The van der Waals surface area contributed by atoms with Gasteiger partial charge >= 0.3 is 5.97 Å². The van der Waals surface area contributed by atoms with Crippen molar-refractivity contribution in [2.24, 2.45) is 0 Å². The van der Waals surface area contributed by atoms with Gasteiger partial charge in [0.25, 0.3) is 5.91 Å². The maximum Gasteiger partial charge on any atom is 0.307 e. The molecule has 2 rings (SSSR count). The molecule has 1 aromatic heterocycles. The lowest BCUT2D eigenvalue weighted by Gasteiger charge is -2.16. The van der Waals surface area contributed by atoms with Crippen molar-refractivity contribution < 1.29 is 14.3 Å². The standard InChI is InChI=1S/C15H14ClNO3S/c1-20-14(18)9-12(13-3-2-8-21-13)17-15(19)10-4-6-11(16)7-5-10/h2-8,12H,9H2,1H3,(H,17,19). The summed E-state index contributed by atoms with van der Waals surface area (Å²) >= 11 is 7.28. The number of hydrogen-bond acceptors (Lipinski definition) is 4. The zero-order chi connectivity index (χ0) is 15.2. The third-order valence-corrected chi connectivity index (χ3v) is 4.13. The van der Waals surface area contributed by atoms with E-state index in [1.807, 2.05) is 17.5 Å². The highest BCUT2D eigenvalue weighted by Gasteiger charge is 2.20. The quantitative estimate of drug-likeness (QED) is 0.858. The highest BCUT2D eigenvalue weighted by atomic mass is 35.5. The van der Waals surface area contributed by atoms with Crippen LogP contribution in [0.25, 0.3) is 0 Å². The van der Waals surface area contributed by atoms with Gasteiger partial charge in [-0.3, -0.25) is 9.59 Å². The van der Waals surface area contributed by atoms with Crippen molar-refractivity contribution in [1.82, 2.24) is 5.32 Å². The molecule has 1 N–H and O–H groups in total. The first kappa shape index (κ1) is 15.5. The third-order valence-electron chi connectivity index (χ3n) is 2.90. The number of thiophene rings is 1. The van der Waals surface area contributed by atoms with E-state index >= 15 is 0 Å². The van der Waals surface area contributed by atoms with Crippen molar-refractivity contribution in [3.8, 4) is 0 Å². The van der Waals surface area contributed by atoms with Gasteiger partial charge in [-0.1, -0.05) is 17.7 Å². The van der Waals surface area contributed by atoms with E-state index in [9.17, 15) is 9.59 Å². The van der Waals surface area contributed by atoms with E-state index in [2.05, 4.69) is 10.1 Å². The number of rotatable bonds is 5. The minimum absolute atomic E-state index is 0.0936. The van der Waals surface area contributed by atoms with Crippen molar-refractivity contribution in [2.75, 3.05) is 7.11 Å². The number of methoxy groups -OCH3 is 1. The van der Waals surface area contributed by atoms with Crippen LogP contribution >= 0.6 is 22.9 Å². The maximum absolute atomic E-state index is 12.2. The number of amides is 1. The molecule has 6 heteroatoms. The zero-order valence-electron chi connectivity index (χ0n) is 11.3. The van der Waals surface area contributed by atoms with E-state index in [1.165, 1.54) is 18.4 Å². The molecule has 0 fully saturated rings. The number of ether oxygens (including phenoxy) is 1. The number of hydrogen-bond donors (Lipinski definition) is 1. The Morgan fingerprint density at radius 3 is 2.57 bits per heavy atom. The largest absolute Gasteiger partial charge is 0.469 e.